The Hall–Kier alpha value is -0.930. The molecule has 1 aromatic rings. The zero-order chi connectivity index (χ0) is 21.0. The Morgan fingerprint density at radius 2 is 1.45 bits per heavy atom. The molecule has 0 aromatic heterocycles. The van der Waals surface area contributed by atoms with Crippen LogP contribution in [0.2, 0.25) is 0 Å². The molecule has 1 aromatic carbocycles. The van der Waals surface area contributed by atoms with Gasteiger partial charge in [0.1, 0.15) is 16.7 Å². The summed E-state index contributed by atoms with van der Waals surface area (Å²) >= 11 is 0. The van der Waals surface area contributed by atoms with Crippen LogP contribution in [0, 0.1) is 0 Å². The fourth-order valence-corrected chi connectivity index (χ4v) is 3.26. The van der Waals surface area contributed by atoms with Gasteiger partial charge in [-0.25, -0.2) is 18.0 Å². The van der Waals surface area contributed by atoms with Gasteiger partial charge in [-0.05, 0) is 25.0 Å². The quantitative estimate of drug-likeness (QED) is 0.194. The molecule has 0 radical (unpaired) electrons. The second-order valence-corrected chi connectivity index (χ2v) is 8.22. The number of benzene rings is 1. The van der Waals surface area contributed by atoms with E-state index in [1.54, 1.807) is 12.1 Å². The van der Waals surface area contributed by atoms with Gasteiger partial charge in [0.05, 0.1) is 23.0 Å². The number of rotatable bonds is 13. The summed E-state index contributed by atoms with van der Waals surface area (Å²) in [6.45, 7) is 3.37. The van der Waals surface area contributed by atoms with E-state index in [-0.39, 0.29) is 53.7 Å². The average molecular weight is 437 g/mol. The van der Waals surface area contributed by atoms with Crippen LogP contribution in [-0.4, -0.2) is 43.4 Å². The van der Waals surface area contributed by atoms with Crippen molar-refractivity contribution in [2.45, 2.75) is 64.0 Å². The normalized spacial score (nSPS) is 12.0. The van der Waals surface area contributed by atoms with Crippen molar-refractivity contribution in [3.63, 3.8) is 0 Å². The Labute approximate surface area is 195 Å². The van der Waals surface area contributed by atoms with Gasteiger partial charge in [-0.2, -0.15) is 0 Å². The Kier molecular flexibility index (Phi) is 14.5. The molecule has 1 atom stereocenters. The van der Waals surface area contributed by atoms with E-state index < -0.39 is 33.9 Å². The third kappa shape index (κ3) is 10.6. The maximum Gasteiger partial charge on any atom is 1.00 e. The van der Waals surface area contributed by atoms with Crippen LogP contribution >= 0.6 is 0 Å². The molecule has 0 aliphatic rings. The molecule has 0 saturated carbocycles. The first-order chi connectivity index (χ1) is 13.3. The van der Waals surface area contributed by atoms with E-state index in [1.165, 1.54) is 31.9 Å². The van der Waals surface area contributed by atoms with E-state index in [4.69, 9.17) is 9.47 Å². The number of esters is 2. The molecule has 9 heteroatoms. The first-order valence-electron chi connectivity index (χ1n) is 9.69. The molecular formula is C20H29NaO7S. The molecule has 0 amide bonds. The van der Waals surface area contributed by atoms with Gasteiger partial charge in [-0.1, -0.05) is 58.1 Å². The van der Waals surface area contributed by atoms with Crippen molar-refractivity contribution in [1.29, 1.82) is 0 Å². The predicted octanol–water partition coefficient (Wildman–Crippen LogP) is 0.689. The fraction of sp³-hybridized carbons (Fsp3) is 0.600. The van der Waals surface area contributed by atoms with Gasteiger partial charge < -0.3 is 14.0 Å². The van der Waals surface area contributed by atoms with Crippen molar-refractivity contribution in [3.8, 4) is 0 Å². The van der Waals surface area contributed by atoms with E-state index in [0.29, 0.717) is 0 Å². The van der Waals surface area contributed by atoms with Crippen molar-refractivity contribution < 1.29 is 61.6 Å². The van der Waals surface area contributed by atoms with Crippen LogP contribution in [-0.2, 0) is 19.6 Å². The second-order valence-electron chi connectivity index (χ2n) is 6.57. The first-order valence-corrected chi connectivity index (χ1v) is 11.2. The predicted molar refractivity (Wildman–Crippen MR) is 104 cm³/mol. The zero-order valence-electron chi connectivity index (χ0n) is 17.5. The molecule has 0 heterocycles. The van der Waals surface area contributed by atoms with Gasteiger partial charge in [0.2, 0.25) is 0 Å². The van der Waals surface area contributed by atoms with Gasteiger partial charge in [-0.15, -0.1) is 0 Å². The summed E-state index contributed by atoms with van der Waals surface area (Å²) in [7, 11) is -4.56. The molecule has 0 spiro atoms. The van der Waals surface area contributed by atoms with Crippen LogP contribution in [0.25, 0.3) is 0 Å². The molecule has 0 aliphatic heterocycles. The summed E-state index contributed by atoms with van der Waals surface area (Å²) in [4.78, 5) is 24.5. The molecule has 0 N–H and O–H groups in total. The number of hydrogen-bond acceptors (Lipinski definition) is 7. The third-order valence-corrected chi connectivity index (χ3v) is 5.65. The SMILES string of the molecule is CCCCCCCCOC(=O)c1ccccc1C(=O)OCC(CC)S(=O)(=O)[O-].[Na+]. The van der Waals surface area contributed by atoms with E-state index in [1.807, 2.05) is 0 Å². The van der Waals surface area contributed by atoms with Crippen molar-refractivity contribution in [2.24, 2.45) is 0 Å². The number of carbonyl (C=O) groups is 2. The van der Waals surface area contributed by atoms with Crippen LogP contribution in [0.5, 0.6) is 0 Å². The Morgan fingerprint density at radius 3 is 1.97 bits per heavy atom. The summed E-state index contributed by atoms with van der Waals surface area (Å²) in [6, 6.07) is 6.00. The molecule has 1 unspecified atom stereocenters. The molecule has 158 valence electrons. The van der Waals surface area contributed by atoms with Crippen molar-refractivity contribution in [3.05, 3.63) is 35.4 Å². The van der Waals surface area contributed by atoms with Crippen LogP contribution in [0.4, 0.5) is 0 Å². The first kappa shape index (κ1) is 28.1. The standard InChI is InChI=1S/C20H30O7S.Na/c1-3-5-6-7-8-11-14-26-19(21)17-12-9-10-13-18(17)20(22)27-15-16(4-2)28(23,24)25;/h9-10,12-13,16H,3-8,11,14-15H2,1-2H3,(H,23,24,25);/q;+1/p-1. The molecule has 0 fully saturated rings. The maximum absolute atomic E-state index is 12.3. The van der Waals surface area contributed by atoms with Gasteiger partial charge in [0, 0.05) is 0 Å². The van der Waals surface area contributed by atoms with E-state index in [0.717, 1.165) is 25.7 Å². The molecule has 1 rings (SSSR count). The zero-order valence-corrected chi connectivity index (χ0v) is 20.3. The van der Waals surface area contributed by atoms with Crippen LogP contribution in [0.15, 0.2) is 24.3 Å². The second kappa shape index (κ2) is 15.0. The fourth-order valence-electron chi connectivity index (χ4n) is 2.62. The summed E-state index contributed by atoms with van der Waals surface area (Å²) < 4.78 is 43.5. The smallest absolute Gasteiger partial charge is 0.748 e. The molecule has 7 nitrogen and oxygen atoms in total. The van der Waals surface area contributed by atoms with E-state index in [9.17, 15) is 22.6 Å². The summed E-state index contributed by atoms with van der Waals surface area (Å²) in [5, 5.41) is -1.32. The van der Waals surface area contributed by atoms with Gasteiger partial charge in [0.25, 0.3) is 0 Å². The molecular weight excluding hydrogens is 407 g/mol. The number of carbonyl (C=O) groups excluding carboxylic acids is 2. The molecule has 0 saturated heterocycles. The largest absolute Gasteiger partial charge is 1.00 e. The number of ether oxygens (including phenoxy) is 2. The van der Waals surface area contributed by atoms with Gasteiger partial charge in [0.15, 0.2) is 0 Å². The van der Waals surface area contributed by atoms with Gasteiger partial charge in [-0.3, -0.25) is 0 Å². The summed E-state index contributed by atoms with van der Waals surface area (Å²) in [5.74, 6) is -1.50. The van der Waals surface area contributed by atoms with Gasteiger partial charge >= 0.3 is 41.5 Å². The van der Waals surface area contributed by atoms with Crippen LogP contribution < -0.4 is 29.6 Å². The molecule has 0 bridgehead atoms. The molecule has 0 aliphatic carbocycles. The maximum atomic E-state index is 12.3. The minimum atomic E-state index is -4.56. The molecule has 29 heavy (non-hydrogen) atoms. The minimum Gasteiger partial charge on any atom is -0.748 e. The van der Waals surface area contributed by atoms with Crippen LogP contribution in [0.1, 0.15) is 79.5 Å². The number of hydrogen-bond donors (Lipinski definition) is 0. The Balaban J connectivity index is 0.00000784. The van der Waals surface area contributed by atoms with Crippen LogP contribution in [0.3, 0.4) is 0 Å². The monoisotopic (exact) mass is 436 g/mol. The van der Waals surface area contributed by atoms with Crippen molar-refractivity contribution >= 4 is 22.1 Å². The minimum absolute atomic E-state index is 0. The van der Waals surface area contributed by atoms with E-state index >= 15 is 0 Å². The topological polar surface area (TPSA) is 110 Å². The third-order valence-electron chi connectivity index (χ3n) is 4.36. The number of unbranched alkanes of at least 4 members (excludes halogenated alkanes) is 5. The van der Waals surface area contributed by atoms with E-state index in [2.05, 4.69) is 6.92 Å². The Bertz CT molecular complexity index is 734. The average Bonchev–Trinajstić information content (AvgIpc) is 2.66. The van der Waals surface area contributed by atoms with Crippen molar-refractivity contribution in [2.75, 3.05) is 13.2 Å². The summed E-state index contributed by atoms with van der Waals surface area (Å²) in [5.41, 5.74) is 0.0325. The van der Waals surface area contributed by atoms with Crippen molar-refractivity contribution in [1.82, 2.24) is 0 Å². The summed E-state index contributed by atoms with van der Waals surface area (Å²) in [6.07, 6.45) is 6.37. The Morgan fingerprint density at radius 1 is 0.931 bits per heavy atom.